The molecule has 1 saturated heterocycles. The third kappa shape index (κ3) is 3.16. The van der Waals surface area contributed by atoms with E-state index in [1.54, 1.807) is 6.33 Å². The van der Waals surface area contributed by atoms with Crippen molar-refractivity contribution in [3.63, 3.8) is 0 Å². The summed E-state index contributed by atoms with van der Waals surface area (Å²) in [5.74, 6) is 1.04. The predicted octanol–water partition coefficient (Wildman–Crippen LogP) is 1.75. The van der Waals surface area contributed by atoms with Crippen LogP contribution in [0.5, 0.6) is 0 Å². The highest BCUT2D eigenvalue weighted by Crippen LogP contribution is 2.17. The Hall–Kier alpha value is -1.16. The average Bonchev–Trinajstić information content (AvgIpc) is 2.78. The zero-order valence-corrected chi connectivity index (χ0v) is 11.0. The van der Waals surface area contributed by atoms with Crippen molar-refractivity contribution in [2.75, 3.05) is 18.0 Å². The lowest BCUT2D eigenvalue weighted by Crippen LogP contribution is -2.41. The van der Waals surface area contributed by atoms with E-state index in [1.807, 2.05) is 6.92 Å². The maximum atomic E-state index is 4.39. The van der Waals surface area contributed by atoms with Gasteiger partial charge in [0.2, 0.25) is 0 Å². The van der Waals surface area contributed by atoms with Crippen LogP contribution >= 0.6 is 0 Å². The van der Waals surface area contributed by atoms with Crippen LogP contribution in [0.1, 0.15) is 32.4 Å². The summed E-state index contributed by atoms with van der Waals surface area (Å²) in [6.07, 6.45) is 4.22. The lowest BCUT2D eigenvalue weighted by molar-refractivity contribution is 0.548. The number of anilines is 1. The summed E-state index contributed by atoms with van der Waals surface area (Å²) < 4.78 is 0. The van der Waals surface area contributed by atoms with E-state index in [-0.39, 0.29) is 0 Å². The molecule has 0 bridgehead atoms. The SMILES string of the molecule is Cc1cc(N(CC2CCCN2)C(C)C)ncn1. The van der Waals surface area contributed by atoms with Crippen LogP contribution in [0.15, 0.2) is 12.4 Å². The first-order valence-electron chi connectivity index (χ1n) is 6.45. The smallest absolute Gasteiger partial charge is 0.132 e. The van der Waals surface area contributed by atoms with Gasteiger partial charge >= 0.3 is 0 Å². The van der Waals surface area contributed by atoms with Crippen molar-refractivity contribution in [2.45, 2.75) is 45.7 Å². The quantitative estimate of drug-likeness (QED) is 0.861. The van der Waals surface area contributed by atoms with Gasteiger partial charge in [-0.15, -0.1) is 0 Å². The van der Waals surface area contributed by atoms with Crippen molar-refractivity contribution < 1.29 is 0 Å². The van der Waals surface area contributed by atoms with Crippen molar-refractivity contribution in [3.8, 4) is 0 Å². The summed E-state index contributed by atoms with van der Waals surface area (Å²) >= 11 is 0. The fourth-order valence-electron chi connectivity index (χ4n) is 2.32. The van der Waals surface area contributed by atoms with Gasteiger partial charge in [0.05, 0.1) is 0 Å². The molecule has 1 aliphatic heterocycles. The van der Waals surface area contributed by atoms with Crippen molar-refractivity contribution in [1.82, 2.24) is 15.3 Å². The lowest BCUT2D eigenvalue weighted by atomic mass is 10.2. The molecule has 94 valence electrons. The molecule has 1 N–H and O–H groups in total. The van der Waals surface area contributed by atoms with Crippen LogP contribution < -0.4 is 10.2 Å². The monoisotopic (exact) mass is 234 g/mol. The van der Waals surface area contributed by atoms with Crippen LogP contribution in [-0.2, 0) is 0 Å². The molecule has 2 heterocycles. The molecule has 0 spiro atoms. The van der Waals surface area contributed by atoms with Gasteiger partial charge in [0.25, 0.3) is 0 Å². The fraction of sp³-hybridized carbons (Fsp3) is 0.692. The van der Waals surface area contributed by atoms with Crippen molar-refractivity contribution in [3.05, 3.63) is 18.1 Å². The topological polar surface area (TPSA) is 41.0 Å². The summed E-state index contributed by atoms with van der Waals surface area (Å²) in [5.41, 5.74) is 1.03. The molecule has 0 aliphatic carbocycles. The molecule has 0 saturated carbocycles. The summed E-state index contributed by atoms with van der Waals surface area (Å²) in [6, 6.07) is 3.13. The number of hydrogen-bond acceptors (Lipinski definition) is 4. The van der Waals surface area contributed by atoms with E-state index >= 15 is 0 Å². The molecule has 0 amide bonds. The van der Waals surface area contributed by atoms with Gasteiger partial charge in [-0.1, -0.05) is 0 Å². The Morgan fingerprint density at radius 2 is 2.29 bits per heavy atom. The molecule has 4 nitrogen and oxygen atoms in total. The van der Waals surface area contributed by atoms with Crippen LogP contribution in [0.2, 0.25) is 0 Å². The third-order valence-electron chi connectivity index (χ3n) is 3.29. The van der Waals surface area contributed by atoms with Crippen LogP contribution in [-0.4, -0.2) is 35.1 Å². The number of rotatable bonds is 4. The molecule has 0 aromatic carbocycles. The maximum absolute atomic E-state index is 4.39. The Labute approximate surface area is 103 Å². The summed E-state index contributed by atoms with van der Waals surface area (Å²) in [5, 5.41) is 3.54. The average molecular weight is 234 g/mol. The first-order valence-corrected chi connectivity index (χ1v) is 6.45. The fourth-order valence-corrected chi connectivity index (χ4v) is 2.32. The van der Waals surface area contributed by atoms with Crippen molar-refractivity contribution >= 4 is 5.82 Å². The number of hydrogen-bond donors (Lipinski definition) is 1. The van der Waals surface area contributed by atoms with E-state index in [1.165, 1.54) is 12.8 Å². The molecular weight excluding hydrogens is 212 g/mol. The lowest BCUT2D eigenvalue weighted by Gasteiger charge is -2.30. The molecule has 0 radical (unpaired) electrons. The highest BCUT2D eigenvalue weighted by molar-refractivity contribution is 5.40. The highest BCUT2D eigenvalue weighted by atomic mass is 15.2. The zero-order chi connectivity index (χ0) is 12.3. The second kappa shape index (κ2) is 5.45. The Bertz CT molecular complexity index is 358. The summed E-state index contributed by atoms with van der Waals surface area (Å²) in [7, 11) is 0. The van der Waals surface area contributed by atoms with E-state index < -0.39 is 0 Å². The van der Waals surface area contributed by atoms with Crippen LogP contribution in [0.25, 0.3) is 0 Å². The van der Waals surface area contributed by atoms with Gasteiger partial charge < -0.3 is 10.2 Å². The zero-order valence-electron chi connectivity index (χ0n) is 11.0. The largest absolute Gasteiger partial charge is 0.353 e. The van der Waals surface area contributed by atoms with Crippen LogP contribution in [0, 0.1) is 6.92 Å². The minimum Gasteiger partial charge on any atom is -0.353 e. The summed E-state index contributed by atoms with van der Waals surface area (Å²) in [4.78, 5) is 10.9. The molecular formula is C13H22N4. The van der Waals surface area contributed by atoms with Gasteiger partial charge in [-0.05, 0) is 40.2 Å². The highest BCUT2D eigenvalue weighted by Gasteiger charge is 2.20. The second-order valence-corrected chi connectivity index (χ2v) is 5.06. The molecule has 1 fully saturated rings. The van der Waals surface area contributed by atoms with E-state index in [2.05, 4.69) is 40.1 Å². The van der Waals surface area contributed by atoms with Gasteiger partial charge in [0.15, 0.2) is 0 Å². The molecule has 2 rings (SSSR count). The molecule has 1 atom stereocenters. The van der Waals surface area contributed by atoms with Crippen LogP contribution in [0.3, 0.4) is 0 Å². The summed E-state index contributed by atoms with van der Waals surface area (Å²) in [6.45, 7) is 8.63. The Morgan fingerprint density at radius 3 is 2.88 bits per heavy atom. The molecule has 4 heteroatoms. The van der Waals surface area contributed by atoms with Crippen molar-refractivity contribution in [2.24, 2.45) is 0 Å². The number of nitrogens with zero attached hydrogens (tertiary/aromatic N) is 3. The molecule has 17 heavy (non-hydrogen) atoms. The van der Waals surface area contributed by atoms with E-state index in [0.29, 0.717) is 12.1 Å². The third-order valence-corrected chi connectivity index (χ3v) is 3.29. The molecule has 1 aromatic rings. The Morgan fingerprint density at radius 1 is 1.47 bits per heavy atom. The predicted molar refractivity (Wildman–Crippen MR) is 70.3 cm³/mol. The number of aryl methyl sites for hydroxylation is 1. The Balaban J connectivity index is 2.10. The van der Waals surface area contributed by atoms with Crippen LogP contribution in [0.4, 0.5) is 5.82 Å². The normalized spacial score (nSPS) is 19.9. The number of nitrogens with one attached hydrogen (secondary N) is 1. The molecule has 1 aliphatic rings. The minimum absolute atomic E-state index is 0.465. The first-order chi connectivity index (χ1) is 8.16. The number of aromatic nitrogens is 2. The maximum Gasteiger partial charge on any atom is 0.132 e. The standard InChI is InChI=1S/C13H22N4/c1-10(2)17(8-12-5-4-6-14-12)13-7-11(3)15-9-16-13/h7,9-10,12,14H,4-6,8H2,1-3H3. The van der Waals surface area contributed by atoms with E-state index in [0.717, 1.165) is 24.6 Å². The van der Waals surface area contributed by atoms with Gasteiger partial charge in [0, 0.05) is 30.4 Å². The van der Waals surface area contributed by atoms with E-state index in [9.17, 15) is 0 Å². The van der Waals surface area contributed by atoms with Gasteiger partial charge in [-0.2, -0.15) is 0 Å². The van der Waals surface area contributed by atoms with Gasteiger partial charge in [-0.25, -0.2) is 9.97 Å². The molecule has 1 aromatic heterocycles. The second-order valence-electron chi connectivity index (χ2n) is 5.06. The molecule has 1 unspecified atom stereocenters. The minimum atomic E-state index is 0.465. The van der Waals surface area contributed by atoms with Gasteiger partial charge in [-0.3, -0.25) is 0 Å². The Kier molecular flexibility index (Phi) is 3.94. The first kappa shape index (κ1) is 12.3. The van der Waals surface area contributed by atoms with E-state index in [4.69, 9.17) is 0 Å². The van der Waals surface area contributed by atoms with Crippen molar-refractivity contribution in [1.29, 1.82) is 0 Å². The van der Waals surface area contributed by atoms with Gasteiger partial charge in [0.1, 0.15) is 12.1 Å².